The van der Waals surface area contributed by atoms with E-state index in [0.29, 0.717) is 11.6 Å². The predicted molar refractivity (Wildman–Crippen MR) is 78.8 cm³/mol. The van der Waals surface area contributed by atoms with Gasteiger partial charge in [0.15, 0.2) is 0 Å². The summed E-state index contributed by atoms with van der Waals surface area (Å²) in [5, 5.41) is 3.17. The van der Waals surface area contributed by atoms with E-state index >= 15 is 0 Å². The van der Waals surface area contributed by atoms with Gasteiger partial charge in [0, 0.05) is 25.8 Å². The Kier molecular flexibility index (Phi) is 5.29. The number of carbonyl (C=O) groups excluding carboxylic acids is 1. The third kappa shape index (κ3) is 4.16. The van der Waals surface area contributed by atoms with Crippen LogP contribution in [0.15, 0.2) is 12.3 Å². The molecule has 1 aliphatic rings. The van der Waals surface area contributed by atoms with Crippen molar-refractivity contribution in [3.63, 3.8) is 0 Å². The van der Waals surface area contributed by atoms with Gasteiger partial charge in [-0.25, -0.2) is 9.97 Å². The van der Waals surface area contributed by atoms with E-state index in [9.17, 15) is 4.79 Å². The molecule has 110 valence electrons. The van der Waals surface area contributed by atoms with Crippen LogP contribution in [-0.2, 0) is 0 Å². The second-order valence-corrected chi connectivity index (χ2v) is 5.35. The molecule has 1 fully saturated rings. The normalized spacial score (nSPS) is 14.8. The van der Waals surface area contributed by atoms with Crippen LogP contribution in [-0.4, -0.2) is 65.9 Å². The summed E-state index contributed by atoms with van der Waals surface area (Å²) in [5.74, 6) is 0.551. The summed E-state index contributed by atoms with van der Waals surface area (Å²) in [7, 11) is 4.09. The molecule has 20 heavy (non-hydrogen) atoms. The van der Waals surface area contributed by atoms with Gasteiger partial charge in [-0.05, 0) is 46.0 Å². The molecule has 1 saturated heterocycles. The van der Waals surface area contributed by atoms with Crippen LogP contribution in [0.1, 0.15) is 29.8 Å². The van der Waals surface area contributed by atoms with Crippen molar-refractivity contribution in [2.24, 2.45) is 0 Å². The van der Waals surface area contributed by atoms with Crippen LogP contribution in [0, 0.1) is 0 Å². The number of carbonyl (C=O) groups is 1. The molecule has 1 amide bonds. The van der Waals surface area contributed by atoms with E-state index in [2.05, 4.69) is 20.2 Å². The molecule has 1 N–H and O–H groups in total. The van der Waals surface area contributed by atoms with E-state index in [1.54, 1.807) is 12.3 Å². The molecule has 6 nitrogen and oxygen atoms in total. The lowest BCUT2D eigenvalue weighted by Crippen LogP contribution is -2.28. The molecule has 0 spiro atoms. The first-order chi connectivity index (χ1) is 9.66. The highest BCUT2D eigenvalue weighted by atomic mass is 16.2. The van der Waals surface area contributed by atoms with Gasteiger partial charge >= 0.3 is 0 Å². The highest BCUT2D eigenvalue weighted by molar-refractivity contribution is 5.92. The van der Waals surface area contributed by atoms with Gasteiger partial charge in [0.25, 0.3) is 5.91 Å². The van der Waals surface area contributed by atoms with Crippen LogP contribution in [0.5, 0.6) is 0 Å². The summed E-state index contributed by atoms with van der Waals surface area (Å²) >= 11 is 0. The topological polar surface area (TPSA) is 61.4 Å². The molecule has 1 aliphatic heterocycles. The number of amides is 1. The zero-order valence-corrected chi connectivity index (χ0v) is 12.3. The fraction of sp³-hybridized carbons (Fsp3) is 0.643. The molecule has 0 saturated carbocycles. The van der Waals surface area contributed by atoms with Crippen molar-refractivity contribution in [2.75, 3.05) is 45.6 Å². The van der Waals surface area contributed by atoms with Crippen molar-refractivity contribution in [1.29, 1.82) is 0 Å². The van der Waals surface area contributed by atoms with Gasteiger partial charge in [-0.1, -0.05) is 0 Å². The van der Waals surface area contributed by atoms with E-state index in [1.165, 1.54) is 0 Å². The van der Waals surface area contributed by atoms with Crippen molar-refractivity contribution >= 4 is 11.9 Å². The van der Waals surface area contributed by atoms with Gasteiger partial charge in [-0.15, -0.1) is 0 Å². The van der Waals surface area contributed by atoms with E-state index < -0.39 is 0 Å². The minimum Gasteiger partial charge on any atom is -0.354 e. The fourth-order valence-corrected chi connectivity index (χ4v) is 2.24. The van der Waals surface area contributed by atoms with Crippen LogP contribution in [0.2, 0.25) is 0 Å². The lowest BCUT2D eigenvalue weighted by Gasteiger charge is -2.15. The summed E-state index contributed by atoms with van der Waals surface area (Å²) in [5.41, 5.74) is 0.483. The second-order valence-electron chi connectivity index (χ2n) is 5.35. The molecular formula is C14H23N5O. The molecule has 2 heterocycles. The highest BCUT2D eigenvalue weighted by Gasteiger charge is 2.20. The van der Waals surface area contributed by atoms with E-state index in [4.69, 9.17) is 0 Å². The molecule has 1 aromatic rings. The Morgan fingerprint density at radius 2 is 2.15 bits per heavy atom. The Labute approximate surface area is 120 Å². The van der Waals surface area contributed by atoms with E-state index in [-0.39, 0.29) is 5.91 Å². The number of hydrogen-bond donors (Lipinski definition) is 1. The zero-order chi connectivity index (χ0) is 14.4. The van der Waals surface area contributed by atoms with Gasteiger partial charge in [-0.3, -0.25) is 4.79 Å². The number of likely N-dealkylation sites (tertiary alicyclic amines) is 1. The summed E-state index contributed by atoms with van der Waals surface area (Å²) in [4.78, 5) is 24.7. The minimum atomic E-state index is 0.0150. The van der Waals surface area contributed by atoms with Crippen LogP contribution >= 0.6 is 0 Å². The fourth-order valence-electron chi connectivity index (χ4n) is 2.24. The second kappa shape index (κ2) is 7.19. The molecule has 0 aliphatic carbocycles. The van der Waals surface area contributed by atoms with Gasteiger partial charge in [0.1, 0.15) is 5.69 Å². The number of rotatable bonds is 6. The molecule has 6 heteroatoms. The van der Waals surface area contributed by atoms with E-state index in [1.807, 2.05) is 19.0 Å². The number of anilines is 1. The van der Waals surface area contributed by atoms with Crippen LogP contribution in [0.4, 0.5) is 5.95 Å². The molecule has 0 radical (unpaired) electrons. The maximum Gasteiger partial charge on any atom is 0.272 e. The van der Waals surface area contributed by atoms with Crippen molar-refractivity contribution in [1.82, 2.24) is 19.8 Å². The molecule has 0 unspecified atom stereocenters. The number of hydrogen-bond acceptors (Lipinski definition) is 5. The molecule has 1 aromatic heterocycles. The van der Waals surface area contributed by atoms with Crippen LogP contribution < -0.4 is 5.32 Å². The lowest BCUT2D eigenvalue weighted by atomic mass is 10.3. The Morgan fingerprint density at radius 1 is 1.40 bits per heavy atom. The third-order valence-corrected chi connectivity index (χ3v) is 3.33. The SMILES string of the molecule is CN(C)CCCNc1nccc(C(=O)N2CCCC2)n1. The summed E-state index contributed by atoms with van der Waals surface area (Å²) in [6, 6.07) is 1.69. The number of aromatic nitrogens is 2. The maximum atomic E-state index is 12.2. The van der Waals surface area contributed by atoms with Crippen LogP contribution in [0.3, 0.4) is 0 Å². The summed E-state index contributed by atoms with van der Waals surface area (Å²) in [6.45, 7) is 3.50. The smallest absolute Gasteiger partial charge is 0.272 e. The standard InChI is InChI=1S/C14H23N5O/c1-18(2)9-5-7-15-14-16-8-6-12(17-14)13(20)19-10-3-4-11-19/h6,8H,3-5,7,9-11H2,1-2H3,(H,15,16,17). The average molecular weight is 277 g/mol. The Hall–Kier alpha value is -1.69. The van der Waals surface area contributed by atoms with Gasteiger partial charge in [0.2, 0.25) is 5.95 Å². The first-order valence-electron chi connectivity index (χ1n) is 7.18. The quantitative estimate of drug-likeness (QED) is 0.788. The third-order valence-electron chi connectivity index (χ3n) is 3.33. The Bertz CT molecular complexity index is 443. The molecule has 2 rings (SSSR count). The van der Waals surface area contributed by atoms with Crippen molar-refractivity contribution in [3.05, 3.63) is 18.0 Å². The van der Waals surface area contributed by atoms with Gasteiger partial charge in [-0.2, -0.15) is 0 Å². The number of nitrogens with one attached hydrogen (secondary N) is 1. The average Bonchev–Trinajstić information content (AvgIpc) is 2.97. The minimum absolute atomic E-state index is 0.0150. The largest absolute Gasteiger partial charge is 0.354 e. The summed E-state index contributed by atoms with van der Waals surface area (Å²) in [6.07, 6.45) is 4.84. The lowest BCUT2D eigenvalue weighted by molar-refractivity contribution is 0.0787. The van der Waals surface area contributed by atoms with E-state index in [0.717, 1.165) is 45.4 Å². The van der Waals surface area contributed by atoms with Crippen molar-refractivity contribution in [3.8, 4) is 0 Å². The first-order valence-corrected chi connectivity index (χ1v) is 7.18. The van der Waals surface area contributed by atoms with Gasteiger partial charge < -0.3 is 15.1 Å². The maximum absolute atomic E-state index is 12.2. The molecule has 0 bridgehead atoms. The molecule has 0 aromatic carbocycles. The van der Waals surface area contributed by atoms with Gasteiger partial charge in [0.05, 0.1) is 0 Å². The Morgan fingerprint density at radius 3 is 2.85 bits per heavy atom. The molecular weight excluding hydrogens is 254 g/mol. The van der Waals surface area contributed by atoms with Crippen molar-refractivity contribution < 1.29 is 4.79 Å². The zero-order valence-electron chi connectivity index (χ0n) is 12.3. The summed E-state index contributed by atoms with van der Waals surface area (Å²) < 4.78 is 0. The monoisotopic (exact) mass is 277 g/mol. The Balaban J connectivity index is 1.88. The van der Waals surface area contributed by atoms with Crippen molar-refractivity contribution in [2.45, 2.75) is 19.3 Å². The van der Waals surface area contributed by atoms with Crippen LogP contribution in [0.25, 0.3) is 0 Å². The predicted octanol–water partition coefficient (Wildman–Crippen LogP) is 1.08. The highest BCUT2D eigenvalue weighted by Crippen LogP contribution is 2.12. The number of nitrogens with zero attached hydrogens (tertiary/aromatic N) is 4. The first kappa shape index (κ1) is 14.7. The molecule has 0 atom stereocenters.